The van der Waals surface area contributed by atoms with Gasteiger partial charge < -0.3 is 4.74 Å². The van der Waals surface area contributed by atoms with Gasteiger partial charge in [-0.3, -0.25) is 4.79 Å². The number of ether oxygens (including phenoxy) is 1. The number of hydrogen-bond acceptors (Lipinski definition) is 2. The number of hydrogen-bond donors (Lipinski definition) is 0. The van der Waals surface area contributed by atoms with Gasteiger partial charge in [-0.1, -0.05) is 89.6 Å². The summed E-state index contributed by atoms with van der Waals surface area (Å²) >= 11 is 0. The quantitative estimate of drug-likeness (QED) is 0.556. The average molecular weight is 403 g/mol. The van der Waals surface area contributed by atoms with Crippen molar-refractivity contribution in [2.75, 3.05) is 7.11 Å². The van der Waals surface area contributed by atoms with E-state index in [-0.39, 0.29) is 16.6 Å². The molecule has 1 aliphatic rings. The fraction of sp³-hybridized carbons (Fsp3) is 0.393. The molecule has 1 aliphatic carbocycles. The third kappa shape index (κ3) is 3.76. The van der Waals surface area contributed by atoms with Crippen LogP contribution >= 0.6 is 0 Å². The van der Waals surface area contributed by atoms with E-state index >= 15 is 0 Å². The Labute approximate surface area is 181 Å². The summed E-state index contributed by atoms with van der Waals surface area (Å²) in [6.07, 6.45) is 4.28. The summed E-state index contributed by atoms with van der Waals surface area (Å²) in [6.45, 7) is 14.9. The second-order valence-electron chi connectivity index (χ2n) is 10.4. The lowest BCUT2D eigenvalue weighted by Gasteiger charge is -2.46. The molecule has 0 spiro atoms. The van der Waals surface area contributed by atoms with Crippen LogP contribution in [-0.2, 0) is 10.2 Å². The fourth-order valence-corrected chi connectivity index (χ4v) is 4.30. The topological polar surface area (TPSA) is 26.3 Å². The molecule has 0 heterocycles. The number of aryl methyl sites for hydroxylation is 1. The van der Waals surface area contributed by atoms with Crippen LogP contribution < -0.4 is 4.74 Å². The predicted octanol–water partition coefficient (Wildman–Crippen LogP) is 6.93. The smallest absolute Gasteiger partial charge is 0.174 e. The maximum atomic E-state index is 14.2. The van der Waals surface area contributed by atoms with Crippen LogP contribution in [0, 0.1) is 17.8 Å². The Balaban J connectivity index is 2.33. The molecule has 0 saturated carbocycles. The first-order chi connectivity index (χ1) is 13.9. The van der Waals surface area contributed by atoms with Crippen molar-refractivity contribution >= 4 is 11.4 Å². The Bertz CT molecular complexity index is 991. The highest BCUT2D eigenvalue weighted by Crippen LogP contribution is 2.51. The first-order valence-corrected chi connectivity index (χ1v) is 10.6. The van der Waals surface area contributed by atoms with E-state index in [0.717, 1.165) is 28.0 Å². The molecule has 0 bridgehead atoms. The largest absolute Gasteiger partial charge is 0.497 e. The van der Waals surface area contributed by atoms with E-state index in [1.807, 2.05) is 12.1 Å². The summed E-state index contributed by atoms with van der Waals surface area (Å²) in [6, 6.07) is 16.5. The molecule has 3 rings (SSSR count). The zero-order valence-corrected chi connectivity index (χ0v) is 19.6. The number of rotatable bonds is 3. The van der Waals surface area contributed by atoms with Gasteiger partial charge in [-0.05, 0) is 52.7 Å². The number of carbonyl (C=O) groups is 1. The Kier molecular flexibility index (Phi) is 5.58. The molecule has 0 N–H and O–H groups in total. The second-order valence-corrected chi connectivity index (χ2v) is 10.4. The second kappa shape index (κ2) is 7.58. The molecule has 0 aliphatic heterocycles. The van der Waals surface area contributed by atoms with Crippen LogP contribution in [0.3, 0.4) is 0 Å². The number of Topliss-reactive ketones (excluding diaryl/α,β-unsaturated/α-hetero) is 1. The van der Waals surface area contributed by atoms with Crippen LogP contribution in [0.25, 0.3) is 5.57 Å². The monoisotopic (exact) mass is 402 g/mol. The van der Waals surface area contributed by atoms with Crippen molar-refractivity contribution in [2.24, 2.45) is 10.8 Å². The Morgan fingerprint density at radius 1 is 0.833 bits per heavy atom. The van der Waals surface area contributed by atoms with Crippen molar-refractivity contribution in [1.29, 1.82) is 0 Å². The predicted molar refractivity (Wildman–Crippen MR) is 126 cm³/mol. The number of allylic oxidation sites excluding steroid dienone is 4. The molecule has 30 heavy (non-hydrogen) atoms. The number of benzene rings is 2. The fourth-order valence-electron chi connectivity index (χ4n) is 4.30. The lowest BCUT2D eigenvalue weighted by atomic mass is 9.55. The van der Waals surface area contributed by atoms with Crippen LogP contribution in [0.2, 0.25) is 0 Å². The number of methoxy groups -OCH3 is 1. The first kappa shape index (κ1) is 22.1. The molecular weight excluding hydrogens is 368 g/mol. The van der Waals surface area contributed by atoms with Gasteiger partial charge in [0.1, 0.15) is 5.75 Å². The summed E-state index contributed by atoms with van der Waals surface area (Å²) < 4.78 is 5.34. The summed E-state index contributed by atoms with van der Waals surface area (Å²) in [7, 11) is 1.67. The third-order valence-corrected chi connectivity index (χ3v) is 6.20. The summed E-state index contributed by atoms with van der Waals surface area (Å²) in [5.41, 5.74) is 3.97. The molecular formula is C28H34O2. The minimum atomic E-state index is -0.743. The van der Waals surface area contributed by atoms with Crippen molar-refractivity contribution in [3.05, 3.63) is 82.9 Å². The lowest BCUT2D eigenvalue weighted by molar-refractivity contribution is -0.123. The minimum absolute atomic E-state index is 0.198. The molecule has 2 heteroatoms. The molecule has 158 valence electrons. The normalized spacial score (nSPS) is 19.9. The van der Waals surface area contributed by atoms with Crippen LogP contribution in [0.4, 0.5) is 0 Å². The van der Waals surface area contributed by atoms with E-state index in [2.05, 4.69) is 97.0 Å². The van der Waals surface area contributed by atoms with E-state index in [0.29, 0.717) is 0 Å². The zero-order chi connectivity index (χ0) is 22.3. The average Bonchev–Trinajstić information content (AvgIpc) is 2.67. The Morgan fingerprint density at radius 2 is 1.40 bits per heavy atom. The maximum absolute atomic E-state index is 14.2. The Morgan fingerprint density at radius 3 is 1.87 bits per heavy atom. The highest BCUT2D eigenvalue weighted by molar-refractivity contribution is 6.11. The van der Waals surface area contributed by atoms with Gasteiger partial charge in [-0.25, -0.2) is 0 Å². The molecule has 2 nitrogen and oxygen atoms in total. The number of carbonyl (C=O) groups excluding carboxylic acids is 1. The summed E-state index contributed by atoms with van der Waals surface area (Å²) in [4.78, 5) is 14.2. The number of ketones is 1. The summed E-state index contributed by atoms with van der Waals surface area (Å²) in [5.74, 6) is 1.02. The first-order valence-electron chi connectivity index (χ1n) is 10.6. The molecule has 2 aromatic carbocycles. The van der Waals surface area contributed by atoms with Gasteiger partial charge in [0.15, 0.2) is 5.78 Å². The Hall–Kier alpha value is -2.61. The molecule has 0 amide bonds. The van der Waals surface area contributed by atoms with Crippen molar-refractivity contribution in [1.82, 2.24) is 0 Å². The molecule has 1 atom stereocenters. The van der Waals surface area contributed by atoms with E-state index in [9.17, 15) is 4.79 Å². The van der Waals surface area contributed by atoms with Crippen molar-refractivity contribution in [3.8, 4) is 5.75 Å². The van der Waals surface area contributed by atoms with Crippen molar-refractivity contribution in [2.45, 2.75) is 53.9 Å². The zero-order valence-electron chi connectivity index (χ0n) is 19.6. The molecule has 0 aromatic heterocycles. The molecule has 2 aromatic rings. The van der Waals surface area contributed by atoms with Gasteiger partial charge in [-0.2, -0.15) is 0 Å². The van der Waals surface area contributed by atoms with E-state index in [1.54, 1.807) is 7.11 Å². The van der Waals surface area contributed by atoms with Gasteiger partial charge >= 0.3 is 0 Å². The van der Waals surface area contributed by atoms with E-state index in [4.69, 9.17) is 4.74 Å². The third-order valence-electron chi connectivity index (χ3n) is 6.20. The molecule has 0 radical (unpaired) electrons. The van der Waals surface area contributed by atoms with Gasteiger partial charge in [0.05, 0.1) is 12.5 Å². The highest BCUT2D eigenvalue weighted by Gasteiger charge is 2.52. The van der Waals surface area contributed by atoms with E-state index < -0.39 is 5.41 Å². The lowest BCUT2D eigenvalue weighted by Crippen LogP contribution is -2.49. The highest BCUT2D eigenvalue weighted by atomic mass is 16.5. The van der Waals surface area contributed by atoms with Crippen LogP contribution in [-0.4, -0.2) is 12.9 Å². The molecule has 0 saturated heterocycles. The van der Waals surface area contributed by atoms with Crippen molar-refractivity contribution in [3.63, 3.8) is 0 Å². The van der Waals surface area contributed by atoms with Crippen molar-refractivity contribution < 1.29 is 9.53 Å². The van der Waals surface area contributed by atoms with Gasteiger partial charge in [-0.15, -0.1) is 0 Å². The van der Waals surface area contributed by atoms with Crippen LogP contribution in [0.5, 0.6) is 5.75 Å². The van der Waals surface area contributed by atoms with Crippen LogP contribution in [0.15, 0.2) is 66.3 Å². The molecule has 0 fully saturated rings. The van der Waals surface area contributed by atoms with Gasteiger partial charge in [0.25, 0.3) is 0 Å². The SMILES string of the molecule is COc1ccc(C2=CC(c3ccc(C)cc3)(C(C)(C)C)C(=O)C(C(C)(C)C)=C2)cc1. The molecule has 1 unspecified atom stereocenters. The van der Waals surface area contributed by atoms with E-state index in [1.165, 1.54) is 5.56 Å². The van der Waals surface area contributed by atoms with Gasteiger partial charge in [0.2, 0.25) is 0 Å². The minimum Gasteiger partial charge on any atom is -0.497 e. The van der Waals surface area contributed by atoms with Gasteiger partial charge in [0, 0.05) is 5.57 Å². The van der Waals surface area contributed by atoms with Crippen LogP contribution in [0.1, 0.15) is 58.2 Å². The summed E-state index contributed by atoms with van der Waals surface area (Å²) in [5, 5.41) is 0. The maximum Gasteiger partial charge on any atom is 0.174 e. The standard InChI is InChI=1S/C28H34O2/c1-19-9-13-22(14-10-19)28(27(5,6)7)18-21(17-24(25(28)29)26(2,3)4)20-11-15-23(30-8)16-12-20/h9-18H,1-8H3.